The highest BCUT2D eigenvalue weighted by atomic mass is 19.4. The van der Waals surface area contributed by atoms with Crippen LogP contribution >= 0.6 is 0 Å². The molecule has 1 rings (SSSR count). The van der Waals surface area contributed by atoms with E-state index in [4.69, 9.17) is 4.74 Å². The lowest BCUT2D eigenvalue weighted by molar-refractivity contribution is -0.173. The van der Waals surface area contributed by atoms with Crippen molar-refractivity contribution >= 4 is 5.91 Å². The van der Waals surface area contributed by atoms with E-state index in [0.29, 0.717) is 13.0 Å². The van der Waals surface area contributed by atoms with E-state index < -0.39 is 12.1 Å². The fourth-order valence-electron chi connectivity index (χ4n) is 1.38. The molecule has 0 aromatic carbocycles. The van der Waals surface area contributed by atoms with Gasteiger partial charge in [-0.05, 0) is 24.7 Å². The number of hydrogen-bond acceptors (Lipinski definition) is 2. The van der Waals surface area contributed by atoms with E-state index in [1.807, 2.05) is 5.32 Å². The van der Waals surface area contributed by atoms with Crippen LogP contribution in [0.25, 0.3) is 0 Å². The summed E-state index contributed by atoms with van der Waals surface area (Å²) in [6, 6.07) is 0. The number of halogens is 3. The van der Waals surface area contributed by atoms with Gasteiger partial charge in [0.25, 0.3) is 0 Å². The fourth-order valence-corrected chi connectivity index (χ4v) is 1.38. The number of amides is 1. The Hall–Kier alpha value is -0.780. The Bertz CT molecular complexity index is 236. The van der Waals surface area contributed by atoms with Crippen LogP contribution in [0.3, 0.4) is 0 Å². The molecule has 1 saturated carbocycles. The van der Waals surface area contributed by atoms with Gasteiger partial charge in [-0.25, -0.2) is 0 Å². The molecule has 15 heavy (non-hydrogen) atoms. The summed E-state index contributed by atoms with van der Waals surface area (Å²) < 4.78 is 40.4. The van der Waals surface area contributed by atoms with Crippen molar-refractivity contribution < 1.29 is 22.7 Å². The normalized spacial score (nSPS) is 18.7. The molecule has 0 radical (unpaired) electrons. The van der Waals surface area contributed by atoms with Gasteiger partial charge in [0.15, 0.2) is 0 Å². The minimum Gasteiger partial charge on any atom is -0.385 e. The SMILES string of the molecule is COCCC1(CNC(=O)C(F)(F)F)CC1. The average molecular weight is 225 g/mol. The summed E-state index contributed by atoms with van der Waals surface area (Å²) in [5, 5.41) is 1.91. The first-order valence-corrected chi connectivity index (χ1v) is 4.74. The molecule has 1 aliphatic rings. The fraction of sp³-hybridized carbons (Fsp3) is 0.889. The van der Waals surface area contributed by atoms with Crippen LogP contribution in [-0.2, 0) is 9.53 Å². The maximum Gasteiger partial charge on any atom is 0.471 e. The molecule has 3 nitrogen and oxygen atoms in total. The molecule has 1 N–H and O–H groups in total. The number of ether oxygens (including phenoxy) is 1. The number of carbonyl (C=O) groups is 1. The largest absolute Gasteiger partial charge is 0.471 e. The number of alkyl halides is 3. The maximum absolute atomic E-state index is 11.9. The first-order chi connectivity index (χ1) is 6.90. The molecule has 0 atom stereocenters. The van der Waals surface area contributed by atoms with Gasteiger partial charge in [-0.2, -0.15) is 13.2 Å². The summed E-state index contributed by atoms with van der Waals surface area (Å²) in [4.78, 5) is 10.5. The van der Waals surface area contributed by atoms with Crippen LogP contribution in [0.2, 0.25) is 0 Å². The second-order valence-electron chi connectivity index (χ2n) is 3.92. The third kappa shape index (κ3) is 3.70. The van der Waals surface area contributed by atoms with E-state index in [-0.39, 0.29) is 12.0 Å². The first kappa shape index (κ1) is 12.3. The van der Waals surface area contributed by atoms with E-state index in [1.54, 1.807) is 7.11 Å². The van der Waals surface area contributed by atoms with E-state index >= 15 is 0 Å². The standard InChI is InChI=1S/C9H14F3NO2/c1-15-5-4-8(2-3-8)6-13-7(14)9(10,11)12/h2-6H2,1H3,(H,13,14). The summed E-state index contributed by atoms with van der Waals surface area (Å²) in [7, 11) is 1.55. The molecule has 1 aliphatic carbocycles. The zero-order valence-electron chi connectivity index (χ0n) is 8.49. The predicted molar refractivity (Wildman–Crippen MR) is 47.2 cm³/mol. The van der Waals surface area contributed by atoms with Crippen molar-refractivity contribution in [1.82, 2.24) is 5.32 Å². The molecule has 0 spiro atoms. The quantitative estimate of drug-likeness (QED) is 0.769. The van der Waals surface area contributed by atoms with Crippen molar-refractivity contribution in [2.45, 2.75) is 25.4 Å². The Morgan fingerprint density at radius 1 is 1.47 bits per heavy atom. The Morgan fingerprint density at radius 3 is 2.47 bits per heavy atom. The lowest BCUT2D eigenvalue weighted by atomic mass is 10.0. The van der Waals surface area contributed by atoms with Gasteiger partial charge in [0.05, 0.1) is 0 Å². The van der Waals surface area contributed by atoms with E-state index in [1.165, 1.54) is 0 Å². The Kier molecular flexibility index (Phi) is 3.59. The molecular formula is C9H14F3NO2. The first-order valence-electron chi connectivity index (χ1n) is 4.74. The molecular weight excluding hydrogens is 211 g/mol. The zero-order chi connectivity index (χ0) is 11.5. The second kappa shape index (κ2) is 4.38. The lowest BCUT2D eigenvalue weighted by Gasteiger charge is -2.16. The van der Waals surface area contributed by atoms with Crippen LogP contribution in [-0.4, -0.2) is 32.3 Å². The van der Waals surface area contributed by atoms with Gasteiger partial charge in [-0.3, -0.25) is 4.79 Å². The number of hydrogen-bond donors (Lipinski definition) is 1. The topological polar surface area (TPSA) is 38.3 Å². The van der Waals surface area contributed by atoms with Gasteiger partial charge < -0.3 is 10.1 Å². The molecule has 0 bridgehead atoms. The van der Waals surface area contributed by atoms with Crippen LogP contribution in [0.15, 0.2) is 0 Å². The van der Waals surface area contributed by atoms with Gasteiger partial charge in [-0.15, -0.1) is 0 Å². The molecule has 6 heteroatoms. The zero-order valence-corrected chi connectivity index (χ0v) is 8.49. The highest BCUT2D eigenvalue weighted by Gasteiger charge is 2.45. The monoisotopic (exact) mass is 225 g/mol. The molecule has 0 saturated heterocycles. The van der Waals surface area contributed by atoms with Crippen molar-refractivity contribution in [3.63, 3.8) is 0 Å². The summed E-state index contributed by atoms with van der Waals surface area (Å²) in [6.07, 6.45) is -2.37. The molecule has 88 valence electrons. The summed E-state index contributed by atoms with van der Waals surface area (Å²) in [5.74, 6) is -1.86. The molecule has 0 aliphatic heterocycles. The highest BCUT2D eigenvalue weighted by Crippen LogP contribution is 2.48. The number of carbonyl (C=O) groups excluding carboxylic acids is 1. The third-order valence-corrected chi connectivity index (χ3v) is 2.68. The maximum atomic E-state index is 11.9. The lowest BCUT2D eigenvalue weighted by Crippen LogP contribution is -2.40. The van der Waals surface area contributed by atoms with Crippen molar-refractivity contribution in [2.75, 3.05) is 20.3 Å². The summed E-state index contributed by atoms with van der Waals surface area (Å²) >= 11 is 0. The van der Waals surface area contributed by atoms with E-state index in [2.05, 4.69) is 0 Å². The number of nitrogens with one attached hydrogen (secondary N) is 1. The summed E-state index contributed by atoms with van der Waals surface area (Å²) in [6.45, 7) is 0.608. The van der Waals surface area contributed by atoms with E-state index in [0.717, 1.165) is 12.8 Å². The Balaban J connectivity index is 2.28. The van der Waals surface area contributed by atoms with Gasteiger partial charge in [0, 0.05) is 20.3 Å². The van der Waals surface area contributed by atoms with Crippen LogP contribution in [0.1, 0.15) is 19.3 Å². The minimum atomic E-state index is -4.78. The molecule has 0 unspecified atom stereocenters. The van der Waals surface area contributed by atoms with Crippen molar-refractivity contribution in [3.05, 3.63) is 0 Å². The van der Waals surface area contributed by atoms with Crippen molar-refractivity contribution in [2.24, 2.45) is 5.41 Å². The molecule has 0 aromatic rings. The molecule has 0 aromatic heterocycles. The molecule has 1 amide bonds. The Morgan fingerprint density at radius 2 is 2.07 bits per heavy atom. The second-order valence-corrected chi connectivity index (χ2v) is 3.92. The minimum absolute atomic E-state index is 0.0920. The number of rotatable bonds is 5. The van der Waals surface area contributed by atoms with Gasteiger partial charge >= 0.3 is 12.1 Å². The van der Waals surface area contributed by atoms with Gasteiger partial charge in [-0.1, -0.05) is 0 Å². The smallest absolute Gasteiger partial charge is 0.385 e. The van der Waals surface area contributed by atoms with Crippen LogP contribution in [0.4, 0.5) is 13.2 Å². The summed E-state index contributed by atoms with van der Waals surface area (Å²) in [5.41, 5.74) is -0.156. The third-order valence-electron chi connectivity index (χ3n) is 2.68. The molecule has 0 heterocycles. The number of methoxy groups -OCH3 is 1. The average Bonchev–Trinajstić information content (AvgIpc) is 2.90. The predicted octanol–water partition coefficient (Wildman–Crippen LogP) is 1.48. The van der Waals surface area contributed by atoms with E-state index in [9.17, 15) is 18.0 Å². The highest BCUT2D eigenvalue weighted by molar-refractivity contribution is 5.81. The van der Waals surface area contributed by atoms with Crippen molar-refractivity contribution in [3.8, 4) is 0 Å². The van der Waals surface area contributed by atoms with Crippen LogP contribution in [0, 0.1) is 5.41 Å². The van der Waals surface area contributed by atoms with Crippen LogP contribution < -0.4 is 5.32 Å². The Labute approximate surface area is 86.0 Å². The van der Waals surface area contributed by atoms with Gasteiger partial charge in [0.2, 0.25) is 0 Å². The van der Waals surface area contributed by atoms with Gasteiger partial charge in [0.1, 0.15) is 0 Å². The molecule has 1 fully saturated rings. The van der Waals surface area contributed by atoms with Crippen molar-refractivity contribution in [1.29, 1.82) is 0 Å². The van der Waals surface area contributed by atoms with Crippen LogP contribution in [0.5, 0.6) is 0 Å².